The SMILES string of the molecule is CCc1c(C)cnn1-c1cc(C)nc2c(C)cc(C)cc12. The number of hydrogen-bond donors (Lipinski definition) is 0. The maximum absolute atomic E-state index is 4.72. The Morgan fingerprint density at radius 3 is 2.48 bits per heavy atom. The third kappa shape index (κ3) is 2.23. The normalized spacial score (nSPS) is 11.3. The fourth-order valence-electron chi connectivity index (χ4n) is 3.05. The van der Waals surface area contributed by atoms with E-state index in [1.807, 2.05) is 13.1 Å². The molecule has 0 spiro atoms. The molecule has 0 N–H and O–H groups in total. The Balaban J connectivity index is 2.41. The fourth-order valence-corrected chi connectivity index (χ4v) is 3.05. The highest BCUT2D eigenvalue weighted by molar-refractivity contribution is 5.90. The summed E-state index contributed by atoms with van der Waals surface area (Å²) in [6.07, 6.45) is 2.92. The molecule has 3 aromatic rings. The first-order valence-electron chi connectivity index (χ1n) is 7.43. The standard InChI is InChI=1S/C18H21N3/c1-6-16-13(4)10-19-21(16)17-9-14(5)20-18-12(3)7-11(2)8-15(17)18/h7-10H,6H2,1-5H3. The Morgan fingerprint density at radius 2 is 1.76 bits per heavy atom. The first-order valence-corrected chi connectivity index (χ1v) is 7.43. The fraction of sp³-hybridized carbons (Fsp3) is 0.333. The predicted molar refractivity (Wildman–Crippen MR) is 87.2 cm³/mol. The smallest absolute Gasteiger partial charge is 0.0761 e. The van der Waals surface area contributed by atoms with E-state index < -0.39 is 0 Å². The van der Waals surface area contributed by atoms with Crippen molar-refractivity contribution in [2.75, 3.05) is 0 Å². The van der Waals surface area contributed by atoms with Gasteiger partial charge in [-0.15, -0.1) is 0 Å². The van der Waals surface area contributed by atoms with Gasteiger partial charge >= 0.3 is 0 Å². The number of fused-ring (bicyclic) bond motifs is 1. The molecule has 21 heavy (non-hydrogen) atoms. The van der Waals surface area contributed by atoms with E-state index in [0.29, 0.717) is 0 Å². The van der Waals surface area contributed by atoms with Crippen LogP contribution in [-0.2, 0) is 6.42 Å². The van der Waals surface area contributed by atoms with Crippen molar-refractivity contribution >= 4 is 10.9 Å². The second-order valence-electron chi connectivity index (χ2n) is 5.80. The Hall–Kier alpha value is -2.16. The zero-order valence-electron chi connectivity index (χ0n) is 13.4. The quantitative estimate of drug-likeness (QED) is 0.703. The van der Waals surface area contributed by atoms with E-state index in [4.69, 9.17) is 4.98 Å². The first kappa shape index (κ1) is 13.8. The predicted octanol–water partition coefficient (Wildman–Crippen LogP) is 4.22. The van der Waals surface area contributed by atoms with Gasteiger partial charge in [0.25, 0.3) is 0 Å². The summed E-state index contributed by atoms with van der Waals surface area (Å²) >= 11 is 0. The third-order valence-electron chi connectivity index (χ3n) is 4.00. The van der Waals surface area contributed by atoms with Crippen molar-refractivity contribution in [1.82, 2.24) is 14.8 Å². The highest BCUT2D eigenvalue weighted by Crippen LogP contribution is 2.27. The van der Waals surface area contributed by atoms with Crippen molar-refractivity contribution in [3.05, 3.63) is 52.5 Å². The molecule has 0 radical (unpaired) electrons. The average Bonchev–Trinajstić information content (AvgIpc) is 2.80. The van der Waals surface area contributed by atoms with Gasteiger partial charge in [0.1, 0.15) is 0 Å². The van der Waals surface area contributed by atoms with Crippen LogP contribution in [0.1, 0.15) is 35.0 Å². The van der Waals surface area contributed by atoms with Gasteiger partial charge in [-0.2, -0.15) is 5.10 Å². The lowest BCUT2D eigenvalue weighted by molar-refractivity contribution is 0.814. The molecule has 0 amide bonds. The second-order valence-corrected chi connectivity index (χ2v) is 5.80. The molecule has 0 saturated carbocycles. The van der Waals surface area contributed by atoms with Crippen LogP contribution in [0.2, 0.25) is 0 Å². The summed E-state index contributed by atoms with van der Waals surface area (Å²) in [5.74, 6) is 0. The molecule has 0 aliphatic rings. The molecule has 0 aliphatic heterocycles. The number of nitrogens with zero attached hydrogens (tertiary/aromatic N) is 3. The summed E-state index contributed by atoms with van der Waals surface area (Å²) in [6.45, 7) is 10.6. The number of rotatable bonds is 2. The molecule has 1 aromatic carbocycles. The van der Waals surface area contributed by atoms with Crippen molar-refractivity contribution in [1.29, 1.82) is 0 Å². The van der Waals surface area contributed by atoms with E-state index in [1.54, 1.807) is 0 Å². The van der Waals surface area contributed by atoms with Gasteiger partial charge < -0.3 is 0 Å². The van der Waals surface area contributed by atoms with Gasteiger partial charge in [0.05, 0.1) is 17.4 Å². The van der Waals surface area contributed by atoms with E-state index in [2.05, 4.69) is 55.7 Å². The molecular weight excluding hydrogens is 258 g/mol. The summed E-state index contributed by atoms with van der Waals surface area (Å²) < 4.78 is 2.07. The molecule has 0 fully saturated rings. The molecule has 2 heterocycles. The molecule has 0 bridgehead atoms. The first-order chi connectivity index (χ1) is 10.0. The van der Waals surface area contributed by atoms with Crippen LogP contribution in [0.5, 0.6) is 0 Å². The molecule has 0 aliphatic carbocycles. The van der Waals surface area contributed by atoms with E-state index in [-0.39, 0.29) is 0 Å². The Bertz CT molecular complexity index is 828. The van der Waals surface area contributed by atoms with Crippen molar-refractivity contribution in [2.24, 2.45) is 0 Å². The van der Waals surface area contributed by atoms with E-state index in [0.717, 1.165) is 23.3 Å². The van der Waals surface area contributed by atoms with Gasteiger partial charge in [-0.1, -0.05) is 18.6 Å². The van der Waals surface area contributed by atoms with E-state index >= 15 is 0 Å². The van der Waals surface area contributed by atoms with Crippen LogP contribution < -0.4 is 0 Å². The average molecular weight is 279 g/mol. The van der Waals surface area contributed by atoms with Gasteiger partial charge in [0.15, 0.2) is 0 Å². The van der Waals surface area contributed by atoms with Gasteiger partial charge in [-0.25, -0.2) is 4.68 Å². The Kier molecular flexibility index (Phi) is 3.28. The molecule has 3 heteroatoms. The molecule has 0 saturated heterocycles. The Morgan fingerprint density at radius 1 is 1.00 bits per heavy atom. The van der Waals surface area contributed by atoms with Crippen LogP contribution >= 0.6 is 0 Å². The lowest BCUT2D eigenvalue weighted by atomic mass is 10.0. The molecule has 2 aromatic heterocycles. The highest BCUT2D eigenvalue weighted by Gasteiger charge is 2.13. The van der Waals surface area contributed by atoms with Crippen molar-refractivity contribution in [3.63, 3.8) is 0 Å². The third-order valence-corrected chi connectivity index (χ3v) is 4.00. The van der Waals surface area contributed by atoms with E-state index in [1.165, 1.54) is 27.8 Å². The lowest BCUT2D eigenvalue weighted by Gasteiger charge is -2.13. The highest BCUT2D eigenvalue weighted by atomic mass is 15.3. The molecular formula is C18H21N3. The minimum atomic E-state index is 0.972. The summed E-state index contributed by atoms with van der Waals surface area (Å²) in [5, 5.41) is 5.77. The van der Waals surface area contributed by atoms with Gasteiger partial charge in [-0.3, -0.25) is 4.98 Å². The summed E-state index contributed by atoms with van der Waals surface area (Å²) in [7, 11) is 0. The van der Waals surface area contributed by atoms with Crippen LogP contribution in [0.15, 0.2) is 24.4 Å². The van der Waals surface area contributed by atoms with Gasteiger partial charge in [0.2, 0.25) is 0 Å². The summed E-state index contributed by atoms with van der Waals surface area (Å²) in [5.41, 5.74) is 8.22. The zero-order chi connectivity index (χ0) is 15.1. The van der Waals surface area contributed by atoms with Crippen LogP contribution in [0.3, 0.4) is 0 Å². The zero-order valence-corrected chi connectivity index (χ0v) is 13.4. The Labute approximate surface area is 125 Å². The summed E-state index contributed by atoms with van der Waals surface area (Å²) in [6, 6.07) is 6.53. The van der Waals surface area contributed by atoms with Gasteiger partial charge in [-0.05, 0) is 57.4 Å². The van der Waals surface area contributed by atoms with Crippen LogP contribution in [0.4, 0.5) is 0 Å². The summed E-state index contributed by atoms with van der Waals surface area (Å²) in [4.78, 5) is 4.72. The number of hydrogen-bond acceptors (Lipinski definition) is 2. The molecule has 0 atom stereocenters. The molecule has 3 nitrogen and oxygen atoms in total. The molecule has 3 rings (SSSR count). The number of benzene rings is 1. The van der Waals surface area contributed by atoms with Crippen LogP contribution in [0.25, 0.3) is 16.6 Å². The minimum absolute atomic E-state index is 0.972. The van der Waals surface area contributed by atoms with Crippen molar-refractivity contribution < 1.29 is 0 Å². The lowest BCUT2D eigenvalue weighted by Crippen LogP contribution is -2.05. The number of aromatic nitrogens is 3. The van der Waals surface area contributed by atoms with Crippen LogP contribution in [-0.4, -0.2) is 14.8 Å². The molecule has 108 valence electrons. The molecule has 0 unspecified atom stereocenters. The topological polar surface area (TPSA) is 30.7 Å². The van der Waals surface area contributed by atoms with Crippen molar-refractivity contribution in [3.8, 4) is 5.69 Å². The van der Waals surface area contributed by atoms with E-state index in [9.17, 15) is 0 Å². The number of aryl methyl sites for hydroxylation is 4. The second kappa shape index (κ2) is 4.99. The largest absolute Gasteiger partial charge is 0.253 e. The maximum atomic E-state index is 4.72. The maximum Gasteiger partial charge on any atom is 0.0761 e. The minimum Gasteiger partial charge on any atom is -0.253 e. The van der Waals surface area contributed by atoms with Crippen molar-refractivity contribution in [2.45, 2.75) is 41.0 Å². The van der Waals surface area contributed by atoms with Gasteiger partial charge in [0, 0.05) is 16.8 Å². The van der Waals surface area contributed by atoms with Crippen LogP contribution in [0, 0.1) is 27.7 Å². The monoisotopic (exact) mass is 279 g/mol. The number of pyridine rings is 1.